The summed E-state index contributed by atoms with van der Waals surface area (Å²) in [6.45, 7) is 0. The summed E-state index contributed by atoms with van der Waals surface area (Å²) in [6, 6.07) is 3.09. The van der Waals surface area contributed by atoms with E-state index in [2.05, 4.69) is 5.32 Å². The molecular formula is C14H20Cl2N2O2S. The molecule has 1 aromatic rings. The van der Waals surface area contributed by atoms with Crippen molar-refractivity contribution in [3.05, 3.63) is 22.2 Å². The number of rotatable bonds is 3. The van der Waals surface area contributed by atoms with Crippen LogP contribution in [0.3, 0.4) is 0 Å². The van der Waals surface area contributed by atoms with Crippen LogP contribution >= 0.6 is 23.2 Å². The lowest BCUT2D eigenvalue weighted by atomic mass is 9.96. The van der Waals surface area contributed by atoms with Crippen molar-refractivity contribution in [3.63, 3.8) is 0 Å². The monoisotopic (exact) mass is 350 g/mol. The molecular weight excluding hydrogens is 331 g/mol. The molecule has 118 valence electrons. The van der Waals surface area contributed by atoms with Gasteiger partial charge in [-0.15, -0.1) is 0 Å². The molecule has 0 saturated heterocycles. The summed E-state index contributed by atoms with van der Waals surface area (Å²) < 4.78 is 23.4. The molecule has 0 spiro atoms. The number of sulfonamides is 1. The average Bonchev–Trinajstić information content (AvgIpc) is 2.35. The summed E-state index contributed by atoms with van der Waals surface area (Å²) in [5, 5.41) is 9.06. The van der Waals surface area contributed by atoms with Crippen LogP contribution in [-0.2, 0) is 10.0 Å². The molecule has 0 radical (unpaired) electrons. The molecule has 0 heterocycles. The number of primary sulfonamides is 1. The third-order valence-electron chi connectivity index (χ3n) is 3.79. The Morgan fingerprint density at radius 3 is 2.10 bits per heavy atom. The van der Waals surface area contributed by atoms with Gasteiger partial charge in [-0.3, -0.25) is 0 Å². The van der Waals surface area contributed by atoms with Crippen LogP contribution in [0.2, 0.25) is 10.0 Å². The molecule has 0 aliphatic heterocycles. The summed E-state index contributed by atoms with van der Waals surface area (Å²) in [5.74, 6) is 0. The van der Waals surface area contributed by atoms with Crippen molar-refractivity contribution >= 4 is 38.9 Å². The van der Waals surface area contributed by atoms with Crippen molar-refractivity contribution in [2.75, 3.05) is 5.32 Å². The Balaban J connectivity index is 2.27. The largest absolute Gasteiger partial charge is 0.381 e. The maximum absolute atomic E-state index is 11.7. The van der Waals surface area contributed by atoms with Gasteiger partial charge in [0.1, 0.15) is 4.90 Å². The fraction of sp³-hybridized carbons (Fsp3) is 0.571. The minimum Gasteiger partial charge on any atom is -0.381 e. The van der Waals surface area contributed by atoms with Gasteiger partial charge < -0.3 is 5.32 Å². The van der Waals surface area contributed by atoms with Crippen LogP contribution in [0, 0.1) is 0 Å². The van der Waals surface area contributed by atoms with E-state index in [9.17, 15) is 8.42 Å². The van der Waals surface area contributed by atoms with Crippen LogP contribution in [0.5, 0.6) is 0 Å². The lowest BCUT2D eigenvalue weighted by Gasteiger charge is -2.23. The van der Waals surface area contributed by atoms with E-state index in [0.29, 0.717) is 10.7 Å². The Kier molecular flexibility index (Phi) is 5.77. The first-order valence-corrected chi connectivity index (χ1v) is 9.46. The number of anilines is 1. The molecule has 0 unspecified atom stereocenters. The molecule has 4 nitrogen and oxygen atoms in total. The summed E-state index contributed by atoms with van der Waals surface area (Å²) in [4.78, 5) is -0.000963. The van der Waals surface area contributed by atoms with Gasteiger partial charge in [0.25, 0.3) is 0 Å². The molecule has 7 heteroatoms. The summed E-state index contributed by atoms with van der Waals surface area (Å²) >= 11 is 11.9. The lowest BCUT2D eigenvalue weighted by molar-refractivity contribution is 0.471. The zero-order valence-corrected chi connectivity index (χ0v) is 14.1. The Morgan fingerprint density at radius 2 is 1.52 bits per heavy atom. The van der Waals surface area contributed by atoms with Gasteiger partial charge in [0.15, 0.2) is 0 Å². The average molecular weight is 351 g/mol. The van der Waals surface area contributed by atoms with Gasteiger partial charge in [-0.1, -0.05) is 55.3 Å². The molecule has 0 atom stereocenters. The molecule has 1 aromatic carbocycles. The standard InChI is InChI=1S/C14H20Cl2N2O2S/c15-11-8-13(14(9-12(11)16)21(17,19)20)18-10-6-4-2-1-3-5-7-10/h8-10,18H,1-7H2,(H2,17,19,20). The van der Waals surface area contributed by atoms with Crippen LogP contribution < -0.4 is 10.5 Å². The zero-order valence-electron chi connectivity index (χ0n) is 11.7. The fourth-order valence-electron chi connectivity index (χ4n) is 2.70. The van der Waals surface area contributed by atoms with Gasteiger partial charge in [0.05, 0.1) is 15.7 Å². The van der Waals surface area contributed by atoms with Gasteiger partial charge in [0.2, 0.25) is 10.0 Å². The summed E-state index contributed by atoms with van der Waals surface area (Å²) in [6.07, 6.45) is 8.05. The second-order valence-corrected chi connectivity index (χ2v) is 7.84. The predicted octanol–water partition coefficient (Wildman–Crippen LogP) is 4.17. The second-order valence-electron chi connectivity index (χ2n) is 5.49. The number of halogens is 2. The Morgan fingerprint density at radius 1 is 1.00 bits per heavy atom. The maximum atomic E-state index is 11.7. The predicted molar refractivity (Wildman–Crippen MR) is 87.6 cm³/mol. The van der Waals surface area contributed by atoms with Gasteiger partial charge in [0, 0.05) is 6.04 Å². The SMILES string of the molecule is NS(=O)(=O)c1cc(Cl)c(Cl)cc1NC1CCCCCCC1. The van der Waals surface area contributed by atoms with Crippen molar-refractivity contribution in [3.8, 4) is 0 Å². The van der Waals surface area contributed by atoms with Gasteiger partial charge in [-0.05, 0) is 25.0 Å². The summed E-state index contributed by atoms with van der Waals surface area (Å²) in [7, 11) is -3.85. The van der Waals surface area contributed by atoms with Crippen LogP contribution in [0.25, 0.3) is 0 Å². The zero-order chi connectivity index (χ0) is 15.5. The molecule has 1 fully saturated rings. The van der Waals surface area contributed by atoms with Crippen LogP contribution in [0.4, 0.5) is 5.69 Å². The molecule has 1 aliphatic rings. The first kappa shape index (κ1) is 16.9. The Bertz CT molecular complexity index is 597. The molecule has 1 aliphatic carbocycles. The number of hydrogen-bond acceptors (Lipinski definition) is 3. The van der Waals surface area contributed by atoms with Crippen molar-refractivity contribution < 1.29 is 8.42 Å². The summed E-state index contributed by atoms with van der Waals surface area (Å²) in [5.41, 5.74) is 0.442. The topological polar surface area (TPSA) is 72.2 Å². The van der Waals surface area contributed by atoms with Gasteiger partial charge >= 0.3 is 0 Å². The van der Waals surface area contributed by atoms with Crippen LogP contribution in [0.1, 0.15) is 44.9 Å². The van der Waals surface area contributed by atoms with Crippen molar-refractivity contribution in [2.45, 2.75) is 55.9 Å². The number of nitrogens with two attached hydrogens (primary N) is 1. The molecule has 2 rings (SSSR count). The highest BCUT2D eigenvalue weighted by atomic mass is 35.5. The second kappa shape index (κ2) is 7.18. The van der Waals surface area contributed by atoms with Crippen molar-refractivity contribution in [2.24, 2.45) is 5.14 Å². The molecule has 0 amide bonds. The maximum Gasteiger partial charge on any atom is 0.240 e. The third kappa shape index (κ3) is 4.74. The smallest absolute Gasteiger partial charge is 0.240 e. The number of nitrogens with one attached hydrogen (secondary N) is 1. The van der Waals surface area contributed by atoms with E-state index in [1.54, 1.807) is 6.07 Å². The van der Waals surface area contributed by atoms with Crippen LogP contribution in [0.15, 0.2) is 17.0 Å². The Labute approximate surface area is 136 Å². The van der Waals surface area contributed by atoms with Crippen LogP contribution in [-0.4, -0.2) is 14.5 Å². The minimum atomic E-state index is -3.85. The number of hydrogen-bond donors (Lipinski definition) is 2. The highest BCUT2D eigenvalue weighted by Crippen LogP contribution is 2.32. The van der Waals surface area contributed by atoms with E-state index in [1.165, 1.54) is 25.3 Å². The van der Waals surface area contributed by atoms with Crippen molar-refractivity contribution in [1.82, 2.24) is 0 Å². The highest BCUT2D eigenvalue weighted by molar-refractivity contribution is 7.89. The van der Waals surface area contributed by atoms with E-state index < -0.39 is 10.0 Å². The first-order valence-electron chi connectivity index (χ1n) is 7.16. The normalized spacial score (nSPS) is 18.0. The minimum absolute atomic E-state index is 0.000963. The highest BCUT2D eigenvalue weighted by Gasteiger charge is 2.20. The lowest BCUT2D eigenvalue weighted by Crippen LogP contribution is -2.23. The fourth-order valence-corrected chi connectivity index (χ4v) is 3.80. The molecule has 3 N–H and O–H groups in total. The van der Waals surface area contributed by atoms with Gasteiger partial charge in [-0.2, -0.15) is 0 Å². The van der Waals surface area contributed by atoms with E-state index in [-0.39, 0.29) is 16.0 Å². The Hall–Kier alpha value is -0.490. The first-order chi connectivity index (χ1) is 9.88. The van der Waals surface area contributed by atoms with Crippen molar-refractivity contribution in [1.29, 1.82) is 0 Å². The molecule has 0 aromatic heterocycles. The van der Waals surface area contributed by atoms with E-state index in [0.717, 1.165) is 25.7 Å². The van der Waals surface area contributed by atoms with E-state index in [1.807, 2.05) is 0 Å². The third-order valence-corrected chi connectivity index (χ3v) is 5.47. The van der Waals surface area contributed by atoms with E-state index >= 15 is 0 Å². The number of benzene rings is 1. The molecule has 1 saturated carbocycles. The van der Waals surface area contributed by atoms with E-state index in [4.69, 9.17) is 28.3 Å². The molecule has 21 heavy (non-hydrogen) atoms. The molecule has 0 bridgehead atoms. The quantitative estimate of drug-likeness (QED) is 0.859. The van der Waals surface area contributed by atoms with Gasteiger partial charge in [-0.25, -0.2) is 13.6 Å².